The van der Waals surface area contributed by atoms with Crippen LogP contribution in [-0.4, -0.2) is 34.3 Å². The zero-order valence-corrected chi connectivity index (χ0v) is 19.7. The molecule has 4 rings (SSSR count). The van der Waals surface area contributed by atoms with E-state index in [1.807, 2.05) is 36.2 Å². The Kier molecular flexibility index (Phi) is 7.57. The molecular formula is C27H23F3N4O3. The van der Waals surface area contributed by atoms with Gasteiger partial charge in [-0.2, -0.15) is 4.98 Å². The molecule has 0 atom stereocenters. The molecule has 0 aliphatic rings. The van der Waals surface area contributed by atoms with Crippen LogP contribution >= 0.6 is 0 Å². The molecule has 10 heteroatoms. The quantitative estimate of drug-likeness (QED) is 0.289. The smallest absolute Gasteiger partial charge is 0.508 e. The second-order valence-corrected chi connectivity index (χ2v) is 8.22. The predicted molar refractivity (Wildman–Crippen MR) is 133 cm³/mol. The molecular weight excluding hydrogens is 485 g/mol. The molecule has 37 heavy (non-hydrogen) atoms. The van der Waals surface area contributed by atoms with Gasteiger partial charge in [0.1, 0.15) is 23.1 Å². The molecule has 1 heterocycles. The third-order valence-electron chi connectivity index (χ3n) is 5.37. The van der Waals surface area contributed by atoms with Crippen molar-refractivity contribution in [2.75, 3.05) is 17.3 Å². The Hall–Kier alpha value is -4.60. The van der Waals surface area contributed by atoms with E-state index in [1.54, 1.807) is 36.5 Å². The number of aromatic hydroxyl groups is 1. The van der Waals surface area contributed by atoms with E-state index in [2.05, 4.69) is 20.0 Å². The second kappa shape index (κ2) is 11.0. The van der Waals surface area contributed by atoms with Crippen LogP contribution in [0.5, 0.6) is 11.5 Å². The SMILES string of the molecule is CN(c1ccc(CC(=O)Cc2ccc(OC(F)(F)F)cc2)cc1)c1ccnc(Nc2cccc(O)c2)n1. The lowest BCUT2D eigenvalue weighted by Crippen LogP contribution is -2.17. The average Bonchev–Trinajstić information content (AvgIpc) is 2.84. The van der Waals surface area contributed by atoms with Crippen molar-refractivity contribution in [2.24, 2.45) is 0 Å². The molecule has 190 valence electrons. The standard InChI is InChI=1S/C27H23F3N4O3/c1-34(25-13-14-31-26(33-25)32-20-3-2-4-22(35)17-20)21-9-5-18(6-10-21)15-23(36)16-19-7-11-24(12-8-19)37-27(28,29)30/h2-14,17,35H,15-16H2,1H3,(H,31,32,33). The van der Waals surface area contributed by atoms with Gasteiger partial charge in [-0.3, -0.25) is 4.79 Å². The number of carbonyl (C=O) groups excluding carboxylic acids is 1. The number of ketones is 1. The summed E-state index contributed by atoms with van der Waals surface area (Å²) in [6, 6.07) is 21.1. The maximum absolute atomic E-state index is 12.5. The Bertz CT molecular complexity index is 1360. The molecule has 0 saturated heterocycles. The van der Waals surface area contributed by atoms with Crippen LogP contribution in [0.3, 0.4) is 0 Å². The number of nitrogens with one attached hydrogen (secondary N) is 1. The van der Waals surface area contributed by atoms with E-state index in [4.69, 9.17) is 0 Å². The number of alkyl halides is 3. The minimum absolute atomic E-state index is 0.0657. The summed E-state index contributed by atoms with van der Waals surface area (Å²) in [6.07, 6.45) is -2.84. The van der Waals surface area contributed by atoms with Gasteiger partial charge < -0.3 is 20.1 Å². The van der Waals surface area contributed by atoms with E-state index < -0.39 is 6.36 Å². The molecule has 2 N–H and O–H groups in total. The number of nitrogens with zero attached hydrogens (tertiary/aromatic N) is 3. The molecule has 7 nitrogen and oxygen atoms in total. The first kappa shape index (κ1) is 25.5. The second-order valence-electron chi connectivity index (χ2n) is 8.22. The molecule has 1 aromatic heterocycles. The predicted octanol–water partition coefficient (Wildman–Crippen LogP) is 5.95. The van der Waals surface area contributed by atoms with Crippen molar-refractivity contribution in [3.05, 3.63) is 96.2 Å². The zero-order valence-electron chi connectivity index (χ0n) is 19.7. The van der Waals surface area contributed by atoms with Crippen molar-refractivity contribution in [1.29, 1.82) is 0 Å². The van der Waals surface area contributed by atoms with Crippen LogP contribution in [0.15, 0.2) is 85.1 Å². The number of halogens is 3. The number of anilines is 4. The van der Waals surface area contributed by atoms with Crippen molar-refractivity contribution >= 4 is 28.9 Å². The number of rotatable bonds is 9. The van der Waals surface area contributed by atoms with Crippen molar-refractivity contribution < 1.29 is 27.8 Å². The number of benzene rings is 3. The largest absolute Gasteiger partial charge is 0.573 e. The number of Topliss-reactive ketones (excluding diaryl/α,β-unsaturated/α-hetero) is 1. The van der Waals surface area contributed by atoms with Gasteiger partial charge in [-0.25, -0.2) is 4.98 Å². The van der Waals surface area contributed by atoms with Gasteiger partial charge in [0.15, 0.2) is 0 Å². The number of aromatic nitrogens is 2. The molecule has 0 aliphatic carbocycles. The normalized spacial score (nSPS) is 11.1. The van der Waals surface area contributed by atoms with Crippen LogP contribution in [0, 0.1) is 0 Å². The Morgan fingerprint density at radius 1 is 0.973 bits per heavy atom. The minimum atomic E-state index is -4.75. The number of carbonyl (C=O) groups is 1. The van der Waals surface area contributed by atoms with Crippen LogP contribution < -0.4 is 15.0 Å². The molecule has 0 fully saturated rings. The van der Waals surface area contributed by atoms with E-state index in [9.17, 15) is 23.1 Å². The van der Waals surface area contributed by atoms with Crippen molar-refractivity contribution in [3.63, 3.8) is 0 Å². The zero-order chi connectivity index (χ0) is 26.4. The van der Waals surface area contributed by atoms with Gasteiger partial charge in [0.25, 0.3) is 0 Å². The molecule has 4 aromatic rings. The summed E-state index contributed by atoms with van der Waals surface area (Å²) >= 11 is 0. The number of ether oxygens (including phenoxy) is 1. The summed E-state index contributed by atoms with van der Waals surface area (Å²) in [6.45, 7) is 0. The van der Waals surface area contributed by atoms with Gasteiger partial charge in [-0.05, 0) is 53.6 Å². The van der Waals surface area contributed by atoms with Gasteiger partial charge in [-0.1, -0.05) is 30.3 Å². The molecule has 0 amide bonds. The van der Waals surface area contributed by atoms with E-state index in [0.29, 0.717) is 23.0 Å². The van der Waals surface area contributed by atoms with Crippen molar-refractivity contribution in [2.45, 2.75) is 19.2 Å². The molecule has 0 aliphatic heterocycles. The van der Waals surface area contributed by atoms with E-state index in [1.165, 1.54) is 24.3 Å². The highest BCUT2D eigenvalue weighted by atomic mass is 19.4. The van der Waals surface area contributed by atoms with Crippen LogP contribution in [-0.2, 0) is 17.6 Å². The summed E-state index contributed by atoms with van der Waals surface area (Å²) in [4.78, 5) is 23.1. The van der Waals surface area contributed by atoms with Crippen LogP contribution in [0.25, 0.3) is 0 Å². The van der Waals surface area contributed by atoms with Gasteiger partial charge in [0, 0.05) is 43.5 Å². The summed E-state index contributed by atoms with van der Waals surface area (Å²) < 4.78 is 40.7. The van der Waals surface area contributed by atoms with E-state index >= 15 is 0 Å². The third-order valence-corrected chi connectivity index (χ3v) is 5.37. The van der Waals surface area contributed by atoms with Gasteiger partial charge in [-0.15, -0.1) is 13.2 Å². The minimum Gasteiger partial charge on any atom is -0.508 e. The highest BCUT2D eigenvalue weighted by Gasteiger charge is 2.30. The molecule has 3 aromatic carbocycles. The fraction of sp³-hybridized carbons (Fsp3) is 0.148. The number of hydrogen-bond acceptors (Lipinski definition) is 7. The molecule has 0 bridgehead atoms. The monoisotopic (exact) mass is 508 g/mol. The fourth-order valence-electron chi connectivity index (χ4n) is 3.61. The summed E-state index contributed by atoms with van der Waals surface area (Å²) in [5, 5.41) is 12.7. The first-order valence-electron chi connectivity index (χ1n) is 11.2. The fourth-order valence-corrected chi connectivity index (χ4v) is 3.61. The van der Waals surface area contributed by atoms with Crippen LogP contribution in [0.1, 0.15) is 11.1 Å². The Morgan fingerprint density at radius 2 is 1.62 bits per heavy atom. The molecule has 0 unspecified atom stereocenters. The first-order chi connectivity index (χ1) is 17.6. The average molecular weight is 509 g/mol. The van der Waals surface area contributed by atoms with Gasteiger partial charge >= 0.3 is 6.36 Å². The van der Waals surface area contributed by atoms with Crippen molar-refractivity contribution in [1.82, 2.24) is 9.97 Å². The Morgan fingerprint density at radius 3 is 2.24 bits per heavy atom. The lowest BCUT2D eigenvalue weighted by Gasteiger charge is -2.19. The molecule has 0 spiro atoms. The number of phenolic OH excluding ortho intramolecular Hbond substituents is 1. The lowest BCUT2D eigenvalue weighted by molar-refractivity contribution is -0.274. The maximum Gasteiger partial charge on any atom is 0.573 e. The number of phenols is 1. The van der Waals surface area contributed by atoms with Crippen LogP contribution in [0.4, 0.5) is 36.3 Å². The highest BCUT2D eigenvalue weighted by molar-refractivity contribution is 5.83. The van der Waals surface area contributed by atoms with Crippen molar-refractivity contribution in [3.8, 4) is 11.5 Å². The van der Waals surface area contributed by atoms with E-state index in [-0.39, 0.29) is 30.1 Å². The Balaban J connectivity index is 1.35. The first-order valence-corrected chi connectivity index (χ1v) is 11.2. The number of hydrogen-bond donors (Lipinski definition) is 2. The maximum atomic E-state index is 12.5. The third kappa shape index (κ3) is 7.44. The Labute approximate surface area is 211 Å². The summed E-state index contributed by atoms with van der Waals surface area (Å²) in [5.41, 5.74) is 2.92. The summed E-state index contributed by atoms with van der Waals surface area (Å²) in [7, 11) is 1.85. The summed E-state index contributed by atoms with van der Waals surface area (Å²) in [5.74, 6) is 0.748. The topological polar surface area (TPSA) is 87.6 Å². The lowest BCUT2D eigenvalue weighted by atomic mass is 10.0. The highest BCUT2D eigenvalue weighted by Crippen LogP contribution is 2.25. The van der Waals surface area contributed by atoms with Gasteiger partial charge in [0.2, 0.25) is 5.95 Å². The molecule has 0 radical (unpaired) electrons. The molecule has 0 saturated carbocycles. The van der Waals surface area contributed by atoms with Crippen LogP contribution in [0.2, 0.25) is 0 Å². The van der Waals surface area contributed by atoms with E-state index in [0.717, 1.165) is 11.3 Å². The van der Waals surface area contributed by atoms with Gasteiger partial charge in [0.05, 0.1) is 0 Å².